The van der Waals surface area contributed by atoms with Gasteiger partial charge in [-0.05, 0) is 55.3 Å². The van der Waals surface area contributed by atoms with Crippen LogP contribution in [-0.2, 0) is 12.8 Å². The van der Waals surface area contributed by atoms with E-state index in [0.29, 0.717) is 6.42 Å². The van der Waals surface area contributed by atoms with E-state index >= 15 is 0 Å². The van der Waals surface area contributed by atoms with E-state index < -0.39 is 0 Å². The van der Waals surface area contributed by atoms with Crippen LogP contribution in [0.4, 0.5) is 4.39 Å². The van der Waals surface area contributed by atoms with Crippen molar-refractivity contribution in [1.29, 1.82) is 0 Å². The average molecular weight is 352 g/mol. The van der Waals surface area contributed by atoms with Crippen molar-refractivity contribution in [2.45, 2.75) is 18.9 Å². The number of methoxy groups -OCH3 is 1. The third kappa shape index (κ3) is 4.29. The van der Waals surface area contributed by atoms with Gasteiger partial charge < -0.3 is 10.1 Å². The summed E-state index contributed by atoms with van der Waals surface area (Å²) in [5.41, 5.74) is 1.88. The number of rotatable bonds is 6. The Kier molecular flexibility index (Phi) is 5.76. The fourth-order valence-corrected chi connectivity index (χ4v) is 2.71. The first-order valence-corrected chi connectivity index (χ1v) is 7.66. The molecule has 0 fully saturated rings. The van der Waals surface area contributed by atoms with Crippen LogP contribution in [0.1, 0.15) is 11.1 Å². The molecule has 0 bridgehead atoms. The lowest BCUT2D eigenvalue weighted by Crippen LogP contribution is -2.30. The summed E-state index contributed by atoms with van der Waals surface area (Å²) in [5.74, 6) is 0.677. The summed E-state index contributed by atoms with van der Waals surface area (Å²) in [6, 6.07) is 13.0. The summed E-state index contributed by atoms with van der Waals surface area (Å²) in [6.07, 6.45) is 1.44. The second-order valence-electron chi connectivity index (χ2n) is 4.94. The van der Waals surface area contributed by atoms with Gasteiger partial charge in [0, 0.05) is 10.5 Å². The summed E-state index contributed by atoms with van der Waals surface area (Å²) in [7, 11) is 3.56. The quantitative estimate of drug-likeness (QED) is 0.850. The van der Waals surface area contributed by atoms with Crippen LogP contribution in [-0.4, -0.2) is 20.2 Å². The second-order valence-corrected chi connectivity index (χ2v) is 5.80. The van der Waals surface area contributed by atoms with E-state index in [2.05, 4.69) is 21.2 Å². The van der Waals surface area contributed by atoms with Crippen LogP contribution in [0.3, 0.4) is 0 Å². The largest absolute Gasteiger partial charge is 0.497 e. The number of halogens is 2. The molecule has 2 aromatic rings. The van der Waals surface area contributed by atoms with Gasteiger partial charge in [-0.2, -0.15) is 0 Å². The van der Waals surface area contributed by atoms with E-state index in [0.717, 1.165) is 27.8 Å². The fourth-order valence-electron chi connectivity index (χ4n) is 2.31. The van der Waals surface area contributed by atoms with Crippen LogP contribution in [0.2, 0.25) is 0 Å². The highest BCUT2D eigenvalue weighted by Crippen LogP contribution is 2.24. The molecule has 0 spiro atoms. The molecule has 1 N–H and O–H groups in total. The Morgan fingerprint density at radius 3 is 2.52 bits per heavy atom. The van der Waals surface area contributed by atoms with Crippen molar-refractivity contribution in [3.8, 4) is 5.75 Å². The van der Waals surface area contributed by atoms with Gasteiger partial charge in [-0.1, -0.05) is 34.1 Å². The molecule has 0 aromatic heterocycles. The molecule has 0 aliphatic heterocycles. The predicted molar refractivity (Wildman–Crippen MR) is 87.3 cm³/mol. The molecule has 0 radical (unpaired) electrons. The van der Waals surface area contributed by atoms with Crippen LogP contribution in [0.15, 0.2) is 46.9 Å². The smallest absolute Gasteiger partial charge is 0.126 e. The molecule has 0 aliphatic rings. The van der Waals surface area contributed by atoms with Gasteiger partial charge in [-0.25, -0.2) is 4.39 Å². The van der Waals surface area contributed by atoms with E-state index in [4.69, 9.17) is 4.74 Å². The number of ether oxygens (including phenoxy) is 1. The molecule has 2 nitrogen and oxygen atoms in total. The Hall–Kier alpha value is -1.39. The highest BCUT2D eigenvalue weighted by molar-refractivity contribution is 9.10. The molecular formula is C17H19BrFNO. The Morgan fingerprint density at radius 2 is 1.86 bits per heavy atom. The van der Waals surface area contributed by atoms with Gasteiger partial charge in [0.05, 0.1) is 7.11 Å². The zero-order chi connectivity index (χ0) is 15.2. The first kappa shape index (κ1) is 16.0. The highest BCUT2D eigenvalue weighted by atomic mass is 79.9. The molecule has 0 saturated heterocycles. The lowest BCUT2D eigenvalue weighted by Gasteiger charge is -2.18. The van der Waals surface area contributed by atoms with Gasteiger partial charge in [0.25, 0.3) is 0 Å². The molecule has 1 unspecified atom stereocenters. The zero-order valence-electron chi connectivity index (χ0n) is 12.2. The topological polar surface area (TPSA) is 21.3 Å². The minimum atomic E-state index is -0.151. The third-order valence-electron chi connectivity index (χ3n) is 3.55. The van der Waals surface area contributed by atoms with Crippen molar-refractivity contribution in [2.24, 2.45) is 0 Å². The fraction of sp³-hybridized carbons (Fsp3) is 0.294. The minimum Gasteiger partial charge on any atom is -0.497 e. The first-order valence-electron chi connectivity index (χ1n) is 6.87. The van der Waals surface area contributed by atoms with Gasteiger partial charge in [0.15, 0.2) is 0 Å². The van der Waals surface area contributed by atoms with E-state index in [1.807, 2.05) is 37.4 Å². The maximum atomic E-state index is 13.8. The van der Waals surface area contributed by atoms with Crippen LogP contribution < -0.4 is 10.1 Å². The summed E-state index contributed by atoms with van der Waals surface area (Å²) in [4.78, 5) is 0. The molecule has 2 rings (SSSR count). The maximum absolute atomic E-state index is 13.8. The molecule has 0 saturated carbocycles. The van der Waals surface area contributed by atoms with Gasteiger partial charge in [-0.3, -0.25) is 0 Å². The van der Waals surface area contributed by atoms with Crippen LogP contribution >= 0.6 is 15.9 Å². The Morgan fingerprint density at radius 1 is 1.14 bits per heavy atom. The standard InChI is InChI=1S/C17H19BrFNO/c1-20-14(9-12-5-3-4-6-17(12)19)10-13-11-15(21-2)7-8-16(13)18/h3-8,11,14,20H,9-10H2,1-2H3. The van der Waals surface area contributed by atoms with Crippen molar-refractivity contribution in [2.75, 3.05) is 14.2 Å². The monoisotopic (exact) mass is 351 g/mol. The zero-order valence-corrected chi connectivity index (χ0v) is 13.8. The SMILES string of the molecule is CNC(Cc1ccccc1F)Cc1cc(OC)ccc1Br. The van der Waals surface area contributed by atoms with Crippen LogP contribution in [0.5, 0.6) is 5.75 Å². The second kappa shape index (κ2) is 7.57. The Balaban J connectivity index is 2.14. The Bertz CT molecular complexity index is 603. The number of hydrogen-bond donors (Lipinski definition) is 1. The van der Waals surface area contributed by atoms with Gasteiger partial charge in [0.2, 0.25) is 0 Å². The minimum absolute atomic E-state index is 0.151. The van der Waals surface area contributed by atoms with Crippen molar-refractivity contribution in [1.82, 2.24) is 5.32 Å². The molecule has 4 heteroatoms. The molecule has 112 valence electrons. The lowest BCUT2D eigenvalue weighted by molar-refractivity contribution is 0.413. The van der Waals surface area contributed by atoms with Crippen molar-refractivity contribution >= 4 is 15.9 Å². The number of benzene rings is 2. The third-order valence-corrected chi connectivity index (χ3v) is 4.33. The molecule has 21 heavy (non-hydrogen) atoms. The summed E-state index contributed by atoms with van der Waals surface area (Å²) in [6.45, 7) is 0. The van der Waals surface area contributed by atoms with Crippen molar-refractivity contribution in [3.05, 3.63) is 63.9 Å². The molecular weight excluding hydrogens is 333 g/mol. The summed E-state index contributed by atoms with van der Waals surface area (Å²) < 4.78 is 20.1. The number of likely N-dealkylation sites (N-methyl/N-ethyl adjacent to an activating group) is 1. The summed E-state index contributed by atoms with van der Waals surface area (Å²) >= 11 is 3.56. The molecule has 0 aliphatic carbocycles. The van der Waals surface area contributed by atoms with E-state index in [1.165, 1.54) is 6.07 Å². The first-order chi connectivity index (χ1) is 10.1. The molecule has 1 atom stereocenters. The molecule has 0 amide bonds. The van der Waals surface area contributed by atoms with E-state index in [-0.39, 0.29) is 11.9 Å². The van der Waals surface area contributed by atoms with Gasteiger partial charge in [0.1, 0.15) is 11.6 Å². The molecule has 2 aromatic carbocycles. The average Bonchev–Trinajstić information content (AvgIpc) is 2.50. The van der Waals surface area contributed by atoms with Crippen molar-refractivity contribution < 1.29 is 9.13 Å². The Labute approximate surface area is 133 Å². The lowest BCUT2D eigenvalue weighted by atomic mass is 9.98. The van der Waals surface area contributed by atoms with Gasteiger partial charge in [-0.15, -0.1) is 0 Å². The number of nitrogens with one attached hydrogen (secondary N) is 1. The summed E-state index contributed by atoms with van der Waals surface area (Å²) in [5, 5.41) is 3.26. The maximum Gasteiger partial charge on any atom is 0.126 e. The van der Waals surface area contributed by atoms with Crippen molar-refractivity contribution in [3.63, 3.8) is 0 Å². The van der Waals surface area contributed by atoms with Crippen LogP contribution in [0, 0.1) is 5.82 Å². The van der Waals surface area contributed by atoms with Gasteiger partial charge >= 0.3 is 0 Å². The molecule has 0 heterocycles. The normalized spacial score (nSPS) is 12.2. The van der Waals surface area contributed by atoms with E-state index in [9.17, 15) is 4.39 Å². The van der Waals surface area contributed by atoms with Crippen LogP contribution in [0.25, 0.3) is 0 Å². The predicted octanol–water partition coefficient (Wildman–Crippen LogP) is 3.97. The highest BCUT2D eigenvalue weighted by Gasteiger charge is 2.13. The number of hydrogen-bond acceptors (Lipinski definition) is 2. The van der Waals surface area contributed by atoms with E-state index in [1.54, 1.807) is 13.2 Å².